The Morgan fingerprint density at radius 1 is 1.06 bits per heavy atom. The van der Waals surface area contributed by atoms with Gasteiger partial charge in [0.25, 0.3) is 0 Å². The topological polar surface area (TPSA) is 0 Å². The van der Waals surface area contributed by atoms with Crippen LogP contribution in [0.5, 0.6) is 0 Å². The predicted molar refractivity (Wildman–Crippen MR) is 75.5 cm³/mol. The fourth-order valence-corrected chi connectivity index (χ4v) is 1.76. The van der Waals surface area contributed by atoms with Crippen LogP contribution in [0.1, 0.15) is 80.1 Å². The van der Waals surface area contributed by atoms with Gasteiger partial charge in [-0.15, -0.1) is 0 Å². The summed E-state index contributed by atoms with van der Waals surface area (Å²) in [6, 6.07) is 0. The quantitative estimate of drug-likeness (QED) is 0.430. The summed E-state index contributed by atoms with van der Waals surface area (Å²) in [7, 11) is 0. The van der Waals surface area contributed by atoms with E-state index < -0.39 is 0 Å². The van der Waals surface area contributed by atoms with Crippen molar-refractivity contribution in [1.82, 2.24) is 0 Å². The normalized spacial score (nSPS) is 14.4. The van der Waals surface area contributed by atoms with E-state index >= 15 is 0 Å². The van der Waals surface area contributed by atoms with Gasteiger partial charge >= 0.3 is 0 Å². The summed E-state index contributed by atoms with van der Waals surface area (Å²) in [4.78, 5) is 0. The van der Waals surface area contributed by atoms with Crippen LogP contribution in [0.25, 0.3) is 0 Å². The third-order valence-electron chi connectivity index (χ3n) is 4.18. The van der Waals surface area contributed by atoms with E-state index in [1.54, 1.807) is 0 Å². The molecule has 0 aliphatic heterocycles. The van der Waals surface area contributed by atoms with Crippen molar-refractivity contribution < 1.29 is 0 Å². The number of hydrogen-bond acceptors (Lipinski definition) is 0. The van der Waals surface area contributed by atoms with Gasteiger partial charge in [0.2, 0.25) is 0 Å². The van der Waals surface area contributed by atoms with Crippen LogP contribution >= 0.6 is 0 Å². The van der Waals surface area contributed by atoms with Gasteiger partial charge in [-0.25, -0.2) is 0 Å². The van der Waals surface area contributed by atoms with Crippen molar-refractivity contribution in [3.05, 3.63) is 6.42 Å². The van der Waals surface area contributed by atoms with Crippen molar-refractivity contribution in [1.29, 1.82) is 0 Å². The maximum Gasteiger partial charge on any atom is -0.0357 e. The fraction of sp³-hybridized carbons (Fsp3) is 0.938. The number of rotatable bonds is 9. The molecule has 0 N–H and O–H groups in total. The van der Waals surface area contributed by atoms with Crippen LogP contribution < -0.4 is 0 Å². The zero-order valence-electron chi connectivity index (χ0n) is 12.5. The van der Waals surface area contributed by atoms with Gasteiger partial charge in [-0.2, -0.15) is 0 Å². The molecular weight excluding hydrogens is 192 g/mol. The van der Waals surface area contributed by atoms with E-state index in [4.69, 9.17) is 0 Å². The van der Waals surface area contributed by atoms with E-state index in [0.717, 1.165) is 11.8 Å². The molecule has 0 aromatic rings. The highest BCUT2D eigenvalue weighted by Crippen LogP contribution is 2.27. The van der Waals surface area contributed by atoms with Gasteiger partial charge in [0.1, 0.15) is 0 Å². The van der Waals surface area contributed by atoms with E-state index in [-0.39, 0.29) is 0 Å². The second-order valence-electron chi connectivity index (χ2n) is 6.50. The first-order valence-corrected chi connectivity index (χ1v) is 7.20. The smallest absolute Gasteiger partial charge is 0.0357 e. The van der Waals surface area contributed by atoms with E-state index in [1.807, 2.05) is 0 Å². The lowest BCUT2D eigenvalue weighted by molar-refractivity contribution is 0.311. The summed E-state index contributed by atoms with van der Waals surface area (Å²) in [5.74, 6) is 1.72. The Hall–Kier alpha value is 0. The molecule has 0 saturated heterocycles. The minimum absolute atomic E-state index is 0.555. The summed E-state index contributed by atoms with van der Waals surface area (Å²) < 4.78 is 0. The molecule has 0 bridgehead atoms. The van der Waals surface area contributed by atoms with Gasteiger partial charge in [0, 0.05) is 0 Å². The lowest BCUT2D eigenvalue weighted by Crippen LogP contribution is -2.09. The van der Waals surface area contributed by atoms with Crippen LogP contribution in [-0.2, 0) is 0 Å². The van der Waals surface area contributed by atoms with Crippen molar-refractivity contribution in [3.63, 3.8) is 0 Å². The first-order valence-electron chi connectivity index (χ1n) is 7.20. The largest absolute Gasteiger partial charge is 0.0649 e. The molecule has 16 heavy (non-hydrogen) atoms. The van der Waals surface area contributed by atoms with Crippen LogP contribution in [-0.4, -0.2) is 0 Å². The van der Waals surface area contributed by atoms with Crippen LogP contribution in [0, 0.1) is 23.7 Å². The maximum atomic E-state index is 2.50. The van der Waals surface area contributed by atoms with Gasteiger partial charge in [0.15, 0.2) is 0 Å². The third kappa shape index (κ3) is 8.19. The Balaban J connectivity index is 3.35. The van der Waals surface area contributed by atoms with Crippen LogP contribution in [0.2, 0.25) is 0 Å². The van der Waals surface area contributed by atoms with Gasteiger partial charge in [0.05, 0.1) is 0 Å². The molecule has 0 aliphatic carbocycles. The maximum absolute atomic E-state index is 2.50. The molecule has 97 valence electrons. The lowest BCUT2D eigenvalue weighted by atomic mass is 9.84. The Labute approximate surface area is 104 Å². The van der Waals surface area contributed by atoms with E-state index in [2.05, 4.69) is 48.0 Å². The van der Waals surface area contributed by atoms with Gasteiger partial charge in [-0.1, -0.05) is 67.2 Å². The molecule has 0 saturated carbocycles. The highest BCUT2D eigenvalue weighted by Gasteiger charge is 2.13. The monoisotopic (exact) mass is 225 g/mol. The average molecular weight is 225 g/mol. The van der Waals surface area contributed by atoms with Gasteiger partial charge < -0.3 is 0 Å². The second kappa shape index (κ2) is 8.14. The molecular formula is C16H33. The highest BCUT2D eigenvalue weighted by molar-refractivity contribution is 4.71. The van der Waals surface area contributed by atoms with Crippen LogP contribution in [0.15, 0.2) is 0 Å². The Morgan fingerprint density at radius 2 is 1.69 bits per heavy atom. The van der Waals surface area contributed by atoms with Crippen molar-refractivity contribution >= 4 is 0 Å². The Bertz CT molecular complexity index is 155. The number of hydrogen-bond donors (Lipinski definition) is 0. The summed E-state index contributed by atoms with van der Waals surface area (Å²) in [5, 5.41) is 0. The minimum atomic E-state index is 0.555. The number of unbranched alkanes of at least 4 members (excludes halogenated alkanes) is 3. The molecule has 1 atom stereocenters. The molecule has 0 nitrogen and oxygen atoms in total. The average Bonchev–Trinajstić information content (AvgIpc) is 2.22. The molecule has 0 spiro atoms. The van der Waals surface area contributed by atoms with Crippen molar-refractivity contribution in [2.45, 2.75) is 80.1 Å². The third-order valence-corrected chi connectivity index (χ3v) is 4.18. The first kappa shape index (κ1) is 16.0. The first-order chi connectivity index (χ1) is 7.39. The van der Waals surface area contributed by atoms with Crippen molar-refractivity contribution in [2.75, 3.05) is 0 Å². The summed E-state index contributed by atoms with van der Waals surface area (Å²) in [5.41, 5.74) is 0.555. The lowest BCUT2D eigenvalue weighted by Gasteiger charge is -2.22. The van der Waals surface area contributed by atoms with E-state index in [0.29, 0.717) is 5.41 Å². The summed E-state index contributed by atoms with van der Waals surface area (Å²) in [6.45, 7) is 14.1. The summed E-state index contributed by atoms with van der Waals surface area (Å²) >= 11 is 0. The molecule has 0 heterocycles. The molecule has 0 aliphatic rings. The zero-order valence-corrected chi connectivity index (χ0v) is 12.5. The van der Waals surface area contributed by atoms with Gasteiger partial charge in [-0.3, -0.25) is 0 Å². The molecule has 0 aromatic carbocycles. The molecule has 1 radical (unpaired) electrons. The van der Waals surface area contributed by atoms with Crippen LogP contribution in [0.4, 0.5) is 0 Å². The van der Waals surface area contributed by atoms with Gasteiger partial charge in [-0.05, 0) is 36.5 Å². The Kier molecular flexibility index (Phi) is 8.14. The standard InChI is InChI=1S/C16H33/c1-7-16(5,6)13-11-9-8-10-12-15(4)14(2)3/h8,14-15H,7,9-13H2,1-6H3. The second-order valence-corrected chi connectivity index (χ2v) is 6.50. The highest BCUT2D eigenvalue weighted by atomic mass is 14.2. The fourth-order valence-electron chi connectivity index (χ4n) is 1.76. The molecule has 1 unspecified atom stereocenters. The summed E-state index contributed by atoms with van der Waals surface area (Å²) in [6.07, 6.45) is 10.5. The van der Waals surface area contributed by atoms with E-state index in [9.17, 15) is 0 Å². The Morgan fingerprint density at radius 3 is 2.19 bits per heavy atom. The van der Waals surface area contributed by atoms with E-state index in [1.165, 1.54) is 38.5 Å². The van der Waals surface area contributed by atoms with Crippen LogP contribution in [0.3, 0.4) is 0 Å². The minimum Gasteiger partial charge on any atom is -0.0649 e. The molecule has 0 aromatic heterocycles. The zero-order chi connectivity index (χ0) is 12.6. The molecule has 0 rings (SSSR count). The molecule has 0 fully saturated rings. The molecule has 0 amide bonds. The van der Waals surface area contributed by atoms with Crippen molar-refractivity contribution in [2.24, 2.45) is 17.3 Å². The molecule has 0 heteroatoms. The van der Waals surface area contributed by atoms with Crippen molar-refractivity contribution in [3.8, 4) is 0 Å². The predicted octanol–water partition coefficient (Wildman–Crippen LogP) is 5.87. The SMILES string of the molecule is CCC(C)(C)CCC[CH]CCC(C)C(C)C.